The summed E-state index contributed by atoms with van der Waals surface area (Å²) in [6.07, 6.45) is 0. The minimum atomic E-state index is -0.265. The molecule has 0 aliphatic heterocycles. The molecule has 0 amide bonds. The first kappa shape index (κ1) is 18.8. The van der Waals surface area contributed by atoms with Crippen molar-refractivity contribution in [2.24, 2.45) is 0 Å². The predicted octanol–water partition coefficient (Wildman–Crippen LogP) is 4.20. The van der Waals surface area contributed by atoms with Gasteiger partial charge in [-0.25, -0.2) is 4.39 Å². The lowest BCUT2D eigenvalue weighted by Gasteiger charge is -2.09. The van der Waals surface area contributed by atoms with Gasteiger partial charge in [0.05, 0.1) is 31.2 Å². The molecular weight excluding hydrogens is 369 g/mol. The Bertz CT molecular complexity index is 1180. The van der Waals surface area contributed by atoms with E-state index in [0.29, 0.717) is 30.9 Å². The minimum Gasteiger partial charge on any atom is -0.497 e. The molecule has 1 aromatic heterocycles. The van der Waals surface area contributed by atoms with E-state index < -0.39 is 0 Å². The van der Waals surface area contributed by atoms with E-state index in [2.05, 4.69) is 0 Å². The quantitative estimate of drug-likeness (QED) is 0.513. The summed E-state index contributed by atoms with van der Waals surface area (Å²) in [5, 5.41) is 8.66. The van der Waals surface area contributed by atoms with Crippen molar-refractivity contribution < 1.29 is 13.9 Å². The van der Waals surface area contributed by atoms with E-state index in [1.807, 2.05) is 63.7 Å². The van der Waals surface area contributed by atoms with Crippen LogP contribution < -0.4 is 15.1 Å². The zero-order chi connectivity index (χ0) is 20.2. The highest BCUT2D eigenvalue weighted by molar-refractivity contribution is 5.76. The van der Waals surface area contributed by atoms with Crippen molar-refractivity contribution >= 4 is 11.0 Å². The summed E-state index contributed by atoms with van der Waals surface area (Å²) < 4.78 is 28.8. The number of rotatable bonds is 7. The number of ether oxygens (including phenoxy) is 2. The molecule has 0 aliphatic carbocycles. The maximum Gasteiger partial charge on any atom is 0.203 e. The molecule has 1 N–H and O–H groups in total. The minimum absolute atomic E-state index is 0.265. The van der Waals surface area contributed by atoms with Gasteiger partial charge in [0, 0.05) is 5.56 Å². The number of nitrogens with zero attached hydrogens (tertiary/aromatic N) is 2. The van der Waals surface area contributed by atoms with E-state index in [4.69, 9.17) is 14.9 Å². The molecule has 5 nitrogen and oxygen atoms in total. The predicted molar refractivity (Wildman–Crippen MR) is 110 cm³/mol. The van der Waals surface area contributed by atoms with Gasteiger partial charge in [0.25, 0.3) is 0 Å². The highest BCUT2D eigenvalue weighted by atomic mass is 19.1. The zero-order valence-electron chi connectivity index (χ0n) is 16.1. The van der Waals surface area contributed by atoms with Crippen molar-refractivity contribution in [3.8, 4) is 11.5 Å². The molecule has 0 bridgehead atoms. The van der Waals surface area contributed by atoms with Crippen LogP contribution in [-0.4, -0.2) is 22.9 Å². The number of para-hydroxylation sites is 2. The molecule has 6 heteroatoms. The summed E-state index contributed by atoms with van der Waals surface area (Å²) >= 11 is 0. The van der Waals surface area contributed by atoms with Crippen LogP contribution in [0.4, 0.5) is 4.39 Å². The number of methoxy groups -OCH3 is 1. The van der Waals surface area contributed by atoms with Crippen molar-refractivity contribution in [1.29, 1.82) is 5.41 Å². The number of fused-ring (bicyclic) bond motifs is 1. The molecule has 1 heterocycles. The maximum atomic E-state index is 14.1. The summed E-state index contributed by atoms with van der Waals surface area (Å²) in [5.74, 6) is 1.25. The number of aromatic nitrogens is 2. The monoisotopic (exact) mass is 391 g/mol. The summed E-state index contributed by atoms with van der Waals surface area (Å²) in [4.78, 5) is 0. The summed E-state index contributed by atoms with van der Waals surface area (Å²) in [6, 6.07) is 21.9. The van der Waals surface area contributed by atoms with Crippen molar-refractivity contribution in [2.75, 3.05) is 13.7 Å². The summed E-state index contributed by atoms with van der Waals surface area (Å²) in [7, 11) is 1.62. The molecule has 3 aromatic carbocycles. The van der Waals surface area contributed by atoms with E-state index in [1.165, 1.54) is 6.07 Å². The Kier molecular flexibility index (Phi) is 5.33. The lowest BCUT2D eigenvalue weighted by Crippen LogP contribution is -2.27. The first-order valence-corrected chi connectivity index (χ1v) is 9.40. The Balaban J connectivity index is 1.58. The number of hydrogen-bond donors (Lipinski definition) is 1. The van der Waals surface area contributed by atoms with Gasteiger partial charge in [0.1, 0.15) is 23.9 Å². The topological polar surface area (TPSA) is 52.2 Å². The molecule has 0 atom stereocenters. The molecule has 0 aliphatic rings. The Morgan fingerprint density at radius 2 is 1.45 bits per heavy atom. The zero-order valence-corrected chi connectivity index (χ0v) is 16.1. The largest absolute Gasteiger partial charge is 0.497 e. The van der Waals surface area contributed by atoms with Crippen LogP contribution in [0.3, 0.4) is 0 Å². The fourth-order valence-electron chi connectivity index (χ4n) is 3.40. The van der Waals surface area contributed by atoms with Crippen molar-refractivity contribution in [2.45, 2.75) is 13.1 Å². The highest BCUT2D eigenvalue weighted by Gasteiger charge is 2.12. The Morgan fingerprint density at radius 3 is 2.14 bits per heavy atom. The van der Waals surface area contributed by atoms with Gasteiger partial charge in [-0.2, -0.15) is 0 Å². The maximum absolute atomic E-state index is 14.1. The van der Waals surface area contributed by atoms with Crippen molar-refractivity contribution in [1.82, 2.24) is 9.13 Å². The van der Waals surface area contributed by atoms with E-state index in [1.54, 1.807) is 19.2 Å². The fraction of sp³-hybridized carbons (Fsp3) is 0.174. The van der Waals surface area contributed by atoms with Gasteiger partial charge in [0.2, 0.25) is 5.62 Å². The van der Waals surface area contributed by atoms with Gasteiger partial charge >= 0.3 is 0 Å². The van der Waals surface area contributed by atoms with Crippen LogP contribution in [0.5, 0.6) is 11.5 Å². The normalized spacial score (nSPS) is 11.0. The summed E-state index contributed by atoms with van der Waals surface area (Å²) in [5.41, 5.74) is 2.69. The van der Waals surface area contributed by atoms with Gasteiger partial charge in [-0.3, -0.25) is 5.41 Å². The van der Waals surface area contributed by atoms with Gasteiger partial charge in [-0.1, -0.05) is 30.3 Å². The third-order valence-electron chi connectivity index (χ3n) is 4.90. The Hall–Kier alpha value is -3.54. The van der Waals surface area contributed by atoms with Gasteiger partial charge in [0.15, 0.2) is 0 Å². The molecule has 148 valence electrons. The first-order chi connectivity index (χ1) is 14.2. The lowest BCUT2D eigenvalue weighted by molar-refractivity contribution is 0.296. The average molecular weight is 391 g/mol. The van der Waals surface area contributed by atoms with Crippen LogP contribution in [0.1, 0.15) is 5.56 Å². The second-order valence-corrected chi connectivity index (χ2v) is 6.67. The van der Waals surface area contributed by atoms with Crippen LogP contribution in [0, 0.1) is 11.2 Å². The molecule has 0 saturated carbocycles. The van der Waals surface area contributed by atoms with Crippen LogP contribution in [0.2, 0.25) is 0 Å². The van der Waals surface area contributed by atoms with Gasteiger partial charge in [-0.05, 0) is 42.5 Å². The number of imidazole rings is 1. The number of hydrogen-bond acceptors (Lipinski definition) is 3. The molecule has 0 radical (unpaired) electrons. The molecule has 0 saturated heterocycles. The number of nitrogens with one attached hydrogen (secondary N) is 1. The first-order valence-electron chi connectivity index (χ1n) is 9.40. The third kappa shape index (κ3) is 3.87. The van der Waals surface area contributed by atoms with Gasteiger partial charge < -0.3 is 18.6 Å². The summed E-state index contributed by atoms with van der Waals surface area (Å²) in [6.45, 7) is 1.23. The average Bonchev–Trinajstić information content (AvgIpc) is 3.02. The van der Waals surface area contributed by atoms with Crippen molar-refractivity contribution in [3.05, 3.63) is 89.8 Å². The van der Waals surface area contributed by atoms with E-state index in [0.717, 1.165) is 22.5 Å². The van der Waals surface area contributed by atoms with Crippen LogP contribution in [-0.2, 0) is 13.1 Å². The molecular formula is C23H22FN3O2. The number of halogens is 1. The third-order valence-corrected chi connectivity index (χ3v) is 4.90. The van der Waals surface area contributed by atoms with E-state index >= 15 is 0 Å². The molecule has 0 fully saturated rings. The number of benzene rings is 3. The molecule has 29 heavy (non-hydrogen) atoms. The molecule has 4 aromatic rings. The van der Waals surface area contributed by atoms with Gasteiger partial charge in [-0.15, -0.1) is 0 Å². The second kappa shape index (κ2) is 8.22. The van der Waals surface area contributed by atoms with Crippen LogP contribution >= 0.6 is 0 Å². The standard InChI is InChI=1S/C23H22FN3O2/c1-28-18-10-12-19(13-11-18)29-15-14-26-21-8-4-5-9-22(21)27(23(26)25)16-17-6-2-3-7-20(17)24/h2-13,25H,14-16H2,1H3. The Labute approximate surface area is 168 Å². The lowest BCUT2D eigenvalue weighted by atomic mass is 10.2. The smallest absolute Gasteiger partial charge is 0.203 e. The Morgan fingerprint density at radius 1 is 0.828 bits per heavy atom. The molecule has 0 unspecified atom stereocenters. The SMILES string of the molecule is COc1ccc(OCCn2c(=N)n(Cc3ccccc3F)c3ccccc32)cc1. The van der Waals surface area contributed by atoms with E-state index in [9.17, 15) is 4.39 Å². The van der Waals surface area contributed by atoms with Crippen LogP contribution in [0.25, 0.3) is 11.0 Å². The second-order valence-electron chi connectivity index (χ2n) is 6.67. The molecule has 4 rings (SSSR count). The fourth-order valence-corrected chi connectivity index (χ4v) is 3.40. The van der Waals surface area contributed by atoms with Crippen molar-refractivity contribution in [3.63, 3.8) is 0 Å². The van der Waals surface area contributed by atoms with E-state index in [-0.39, 0.29) is 5.82 Å². The van der Waals surface area contributed by atoms with Crippen LogP contribution in [0.15, 0.2) is 72.8 Å². The molecule has 0 spiro atoms. The highest BCUT2D eigenvalue weighted by Crippen LogP contribution is 2.18.